The quantitative estimate of drug-likeness (QED) is 0.843. The number of carbonyl (C=O) groups excluding carboxylic acids is 1. The van der Waals surface area contributed by atoms with Crippen molar-refractivity contribution in [2.45, 2.75) is 12.6 Å². The largest absolute Gasteiger partial charge is 0.397 e. The summed E-state index contributed by atoms with van der Waals surface area (Å²) in [6.07, 6.45) is -6.15. The van der Waals surface area contributed by atoms with Crippen molar-refractivity contribution >= 4 is 40.4 Å². The van der Waals surface area contributed by atoms with Crippen LogP contribution in [-0.2, 0) is 4.79 Å². The maximum absolute atomic E-state index is 12.0. The molecule has 0 aliphatic carbocycles. The first kappa shape index (κ1) is 14.7. The maximum Gasteiger partial charge on any atom is 0.397 e. The lowest BCUT2D eigenvalue weighted by atomic mass is 10.2. The summed E-state index contributed by atoms with van der Waals surface area (Å²) < 4.78 is 35.9. The first-order chi connectivity index (χ1) is 8.19. The first-order valence-corrected chi connectivity index (χ1v) is 5.43. The molecule has 1 amide bonds. The third kappa shape index (κ3) is 4.50. The lowest BCUT2D eigenvalue weighted by Gasteiger charge is -2.10. The van der Waals surface area contributed by atoms with Crippen molar-refractivity contribution in [2.24, 2.45) is 5.73 Å². The molecular formula is C10H8ClF3N2OS. The number of thiocarbonyl (C=S) groups is 1. The highest BCUT2D eigenvalue weighted by Gasteiger charge is 2.31. The van der Waals surface area contributed by atoms with E-state index in [1.807, 2.05) is 0 Å². The van der Waals surface area contributed by atoms with Gasteiger partial charge in [-0.2, -0.15) is 13.2 Å². The Morgan fingerprint density at radius 2 is 2.06 bits per heavy atom. The number of carbonyl (C=O) groups is 1. The second-order valence-electron chi connectivity index (χ2n) is 3.40. The molecule has 0 aromatic heterocycles. The zero-order chi connectivity index (χ0) is 13.9. The third-order valence-corrected chi connectivity index (χ3v) is 2.45. The average Bonchev–Trinajstić information content (AvgIpc) is 2.18. The highest BCUT2D eigenvalue weighted by atomic mass is 35.5. The van der Waals surface area contributed by atoms with E-state index in [4.69, 9.17) is 29.6 Å². The smallest absolute Gasteiger partial charge is 0.389 e. The van der Waals surface area contributed by atoms with Gasteiger partial charge in [-0.15, -0.1) is 0 Å². The average molecular weight is 297 g/mol. The van der Waals surface area contributed by atoms with Crippen LogP contribution in [-0.4, -0.2) is 17.1 Å². The van der Waals surface area contributed by atoms with Crippen LogP contribution < -0.4 is 11.1 Å². The third-order valence-electron chi connectivity index (χ3n) is 1.89. The monoisotopic (exact) mass is 296 g/mol. The number of hydrogen-bond donors (Lipinski definition) is 2. The molecule has 0 heterocycles. The van der Waals surface area contributed by atoms with Gasteiger partial charge in [-0.25, -0.2) is 0 Å². The second kappa shape index (κ2) is 5.53. The van der Waals surface area contributed by atoms with Crippen LogP contribution in [0.4, 0.5) is 18.9 Å². The summed E-state index contributed by atoms with van der Waals surface area (Å²) in [6, 6.07) is 4.21. The molecule has 0 radical (unpaired) electrons. The van der Waals surface area contributed by atoms with Crippen molar-refractivity contribution in [3.63, 3.8) is 0 Å². The summed E-state index contributed by atoms with van der Waals surface area (Å²) in [4.78, 5) is 11.2. The second-order valence-corrected chi connectivity index (χ2v) is 4.25. The zero-order valence-corrected chi connectivity index (χ0v) is 10.4. The van der Waals surface area contributed by atoms with Gasteiger partial charge >= 0.3 is 6.18 Å². The summed E-state index contributed by atoms with van der Waals surface area (Å²) in [5.41, 5.74) is 5.80. The summed E-state index contributed by atoms with van der Waals surface area (Å²) in [5, 5.41) is 2.16. The van der Waals surface area contributed by atoms with E-state index in [1.54, 1.807) is 0 Å². The number of hydrogen-bond acceptors (Lipinski definition) is 2. The van der Waals surface area contributed by atoms with Gasteiger partial charge in [-0.3, -0.25) is 4.79 Å². The van der Waals surface area contributed by atoms with E-state index < -0.39 is 18.5 Å². The lowest BCUT2D eigenvalue weighted by Crippen LogP contribution is -2.21. The lowest BCUT2D eigenvalue weighted by molar-refractivity contribution is -0.150. The number of nitrogens with one attached hydrogen (secondary N) is 1. The molecule has 1 rings (SSSR count). The molecule has 1 aromatic carbocycles. The number of halogens is 4. The van der Waals surface area contributed by atoms with Gasteiger partial charge in [0, 0.05) is 5.56 Å². The SMILES string of the molecule is NC(=S)c1ccc(Cl)c(NC(=O)CC(F)(F)F)c1. The molecular weight excluding hydrogens is 289 g/mol. The maximum atomic E-state index is 12.0. The Bertz CT molecular complexity index is 491. The summed E-state index contributed by atoms with van der Waals surface area (Å²) in [5.74, 6) is -1.20. The molecule has 0 unspecified atom stereocenters. The molecule has 0 saturated heterocycles. The number of anilines is 1. The highest BCUT2D eigenvalue weighted by Crippen LogP contribution is 2.25. The first-order valence-electron chi connectivity index (χ1n) is 4.65. The Kier molecular flexibility index (Phi) is 4.53. The zero-order valence-electron chi connectivity index (χ0n) is 8.84. The predicted molar refractivity (Wildman–Crippen MR) is 66.6 cm³/mol. The molecule has 1 aromatic rings. The van der Waals surface area contributed by atoms with Crippen LogP contribution in [0, 0.1) is 0 Å². The van der Waals surface area contributed by atoms with E-state index in [-0.39, 0.29) is 15.7 Å². The van der Waals surface area contributed by atoms with Crippen LogP contribution in [0.5, 0.6) is 0 Å². The van der Waals surface area contributed by atoms with Gasteiger partial charge in [-0.05, 0) is 12.1 Å². The minimum Gasteiger partial charge on any atom is -0.389 e. The van der Waals surface area contributed by atoms with Gasteiger partial charge in [0.25, 0.3) is 0 Å². The number of nitrogens with two attached hydrogens (primary N) is 1. The number of rotatable bonds is 3. The molecule has 3 N–H and O–H groups in total. The van der Waals surface area contributed by atoms with E-state index in [2.05, 4.69) is 5.32 Å². The molecule has 0 aliphatic heterocycles. The van der Waals surface area contributed by atoms with Gasteiger partial charge in [-0.1, -0.05) is 29.9 Å². The minimum absolute atomic E-state index is 0.0382. The molecule has 0 saturated carbocycles. The Morgan fingerprint density at radius 3 is 2.56 bits per heavy atom. The number of alkyl halides is 3. The van der Waals surface area contributed by atoms with Crippen LogP contribution in [0.15, 0.2) is 18.2 Å². The molecule has 8 heteroatoms. The van der Waals surface area contributed by atoms with E-state index in [0.29, 0.717) is 5.56 Å². The molecule has 0 fully saturated rings. The van der Waals surface area contributed by atoms with Crippen molar-refractivity contribution in [2.75, 3.05) is 5.32 Å². The molecule has 0 aliphatic rings. The molecule has 18 heavy (non-hydrogen) atoms. The normalized spacial score (nSPS) is 11.1. The summed E-state index contributed by atoms with van der Waals surface area (Å²) in [6.45, 7) is 0. The van der Waals surface area contributed by atoms with Gasteiger partial charge in [0.1, 0.15) is 11.4 Å². The van der Waals surface area contributed by atoms with Crippen LogP contribution in [0.25, 0.3) is 0 Å². The molecule has 0 atom stereocenters. The Labute approximate surface area is 111 Å². The molecule has 3 nitrogen and oxygen atoms in total. The van der Waals surface area contributed by atoms with E-state index in [9.17, 15) is 18.0 Å². The van der Waals surface area contributed by atoms with Gasteiger partial charge < -0.3 is 11.1 Å². The fourth-order valence-electron chi connectivity index (χ4n) is 1.15. The minimum atomic E-state index is -4.57. The van der Waals surface area contributed by atoms with Gasteiger partial charge in [0.15, 0.2) is 0 Å². The van der Waals surface area contributed by atoms with Crippen LogP contribution >= 0.6 is 23.8 Å². The summed E-state index contributed by atoms with van der Waals surface area (Å²) in [7, 11) is 0. The van der Waals surface area contributed by atoms with Crippen molar-refractivity contribution in [3.8, 4) is 0 Å². The fraction of sp³-hybridized carbons (Fsp3) is 0.200. The Balaban J connectivity index is 2.87. The highest BCUT2D eigenvalue weighted by molar-refractivity contribution is 7.80. The van der Waals surface area contributed by atoms with Crippen molar-refractivity contribution in [3.05, 3.63) is 28.8 Å². The number of amides is 1. The predicted octanol–water partition coefficient (Wildman–Crippen LogP) is 2.87. The Hall–Kier alpha value is -1.34. The number of benzene rings is 1. The van der Waals surface area contributed by atoms with Gasteiger partial charge in [0.05, 0.1) is 10.7 Å². The standard InChI is InChI=1S/C10H8ClF3N2OS/c11-6-2-1-5(9(15)18)3-7(6)16-8(17)4-10(12,13)14/h1-3H,4H2,(H2,15,18)(H,16,17). The van der Waals surface area contributed by atoms with Crippen molar-refractivity contribution in [1.29, 1.82) is 0 Å². The molecule has 98 valence electrons. The van der Waals surface area contributed by atoms with E-state index in [0.717, 1.165) is 0 Å². The van der Waals surface area contributed by atoms with Crippen molar-refractivity contribution in [1.82, 2.24) is 0 Å². The Morgan fingerprint density at radius 1 is 1.44 bits per heavy atom. The topological polar surface area (TPSA) is 55.1 Å². The van der Waals surface area contributed by atoms with Crippen LogP contribution in [0.3, 0.4) is 0 Å². The van der Waals surface area contributed by atoms with Gasteiger partial charge in [0.2, 0.25) is 5.91 Å². The summed E-state index contributed by atoms with van der Waals surface area (Å²) >= 11 is 10.4. The molecule has 0 spiro atoms. The molecule has 0 bridgehead atoms. The fourth-order valence-corrected chi connectivity index (χ4v) is 1.44. The van der Waals surface area contributed by atoms with E-state index in [1.165, 1.54) is 18.2 Å². The van der Waals surface area contributed by atoms with Crippen molar-refractivity contribution < 1.29 is 18.0 Å². The van der Waals surface area contributed by atoms with Crippen LogP contribution in [0.2, 0.25) is 5.02 Å². The van der Waals surface area contributed by atoms with E-state index >= 15 is 0 Å². The van der Waals surface area contributed by atoms with Crippen LogP contribution in [0.1, 0.15) is 12.0 Å².